The first-order valence-corrected chi connectivity index (χ1v) is 9.00. The van der Waals surface area contributed by atoms with Crippen molar-refractivity contribution in [3.8, 4) is 0 Å². The first kappa shape index (κ1) is 23.4. The number of hydrogen-bond acceptors (Lipinski definition) is 5. The van der Waals surface area contributed by atoms with Gasteiger partial charge < -0.3 is 15.6 Å². The second-order valence-electron chi connectivity index (χ2n) is 6.83. The third kappa shape index (κ3) is 4.81. The second-order valence-corrected chi connectivity index (χ2v) is 6.83. The van der Waals surface area contributed by atoms with Crippen molar-refractivity contribution >= 4 is 47.6 Å². The van der Waals surface area contributed by atoms with E-state index in [0.717, 1.165) is 23.3 Å². The van der Waals surface area contributed by atoms with E-state index in [9.17, 15) is 4.79 Å². The lowest BCUT2D eigenvalue weighted by atomic mass is 10.1. The average Bonchev–Trinajstić information content (AvgIpc) is 3.35. The average molecular weight is 451 g/mol. The smallest absolute Gasteiger partial charge is 0.242 e. The van der Waals surface area contributed by atoms with Crippen LogP contribution in [0, 0.1) is 6.92 Å². The summed E-state index contributed by atoms with van der Waals surface area (Å²) in [5, 5.41) is 14.9. The number of halogens is 2. The molecule has 0 spiro atoms. The molecule has 0 saturated carbocycles. The molecular weight excluding hydrogens is 427 g/mol. The molecule has 0 aliphatic rings. The van der Waals surface area contributed by atoms with Gasteiger partial charge in [-0.25, -0.2) is 9.67 Å². The number of amides is 1. The minimum absolute atomic E-state index is 0. The molecule has 11 heteroatoms. The highest BCUT2D eigenvalue weighted by atomic mass is 35.5. The van der Waals surface area contributed by atoms with Crippen LogP contribution in [0.15, 0.2) is 42.9 Å². The summed E-state index contributed by atoms with van der Waals surface area (Å²) in [5.74, 6) is 0.210. The second kappa shape index (κ2) is 9.75. The summed E-state index contributed by atoms with van der Waals surface area (Å²) in [6, 6.07) is 9.39. The topological polar surface area (TPSA) is 119 Å². The zero-order chi connectivity index (χ0) is 19.7. The van der Waals surface area contributed by atoms with Crippen molar-refractivity contribution in [1.82, 2.24) is 29.5 Å². The Kier molecular flexibility index (Phi) is 7.60. The fraction of sp³-hybridized carbons (Fsp3) is 0.263. The van der Waals surface area contributed by atoms with Crippen LogP contribution < -0.4 is 11.1 Å². The number of anilines is 1. The van der Waals surface area contributed by atoms with E-state index < -0.39 is 6.04 Å². The van der Waals surface area contributed by atoms with Gasteiger partial charge in [0, 0.05) is 26.2 Å². The molecule has 4 N–H and O–H groups in total. The van der Waals surface area contributed by atoms with Crippen LogP contribution in [0.2, 0.25) is 0 Å². The van der Waals surface area contributed by atoms with Gasteiger partial charge in [0.25, 0.3) is 0 Å². The lowest BCUT2D eigenvalue weighted by molar-refractivity contribution is -0.117. The summed E-state index contributed by atoms with van der Waals surface area (Å²) < 4.78 is 3.64. The summed E-state index contributed by atoms with van der Waals surface area (Å²) in [6.07, 6.45) is 4.01. The number of nitrogens with zero attached hydrogens (tertiary/aromatic N) is 5. The number of aromatic nitrogens is 6. The molecule has 0 radical (unpaired) electrons. The van der Waals surface area contributed by atoms with Crippen molar-refractivity contribution in [2.75, 3.05) is 5.32 Å². The number of rotatable bonds is 6. The number of aromatic amines is 1. The maximum atomic E-state index is 12.5. The molecule has 3 heterocycles. The number of fused-ring (bicyclic) bond motifs is 1. The molecule has 1 atom stereocenters. The van der Waals surface area contributed by atoms with E-state index >= 15 is 0 Å². The largest absolute Gasteiger partial charge is 0.333 e. The molecule has 160 valence electrons. The minimum Gasteiger partial charge on any atom is -0.333 e. The van der Waals surface area contributed by atoms with E-state index in [0.29, 0.717) is 17.9 Å². The van der Waals surface area contributed by atoms with E-state index in [1.165, 1.54) is 5.56 Å². The van der Waals surface area contributed by atoms with Gasteiger partial charge in [0.1, 0.15) is 5.82 Å². The van der Waals surface area contributed by atoms with Gasteiger partial charge in [-0.05, 0) is 12.5 Å². The Morgan fingerprint density at radius 1 is 1.27 bits per heavy atom. The highest BCUT2D eigenvalue weighted by molar-refractivity contribution is 6.01. The number of carbonyl (C=O) groups excluding carboxylic acids is 1. The van der Waals surface area contributed by atoms with Crippen molar-refractivity contribution in [2.24, 2.45) is 12.8 Å². The quantitative estimate of drug-likeness (QED) is 0.415. The molecule has 4 rings (SSSR count). The number of carbonyl (C=O) groups is 1. The Balaban J connectivity index is 0.00000160. The van der Waals surface area contributed by atoms with Crippen LogP contribution in [0.25, 0.3) is 11.0 Å². The Morgan fingerprint density at radius 3 is 2.73 bits per heavy atom. The van der Waals surface area contributed by atoms with Gasteiger partial charge in [0.2, 0.25) is 5.91 Å². The third-order valence-corrected chi connectivity index (χ3v) is 4.62. The summed E-state index contributed by atoms with van der Waals surface area (Å²) in [6.45, 7) is 2.59. The highest BCUT2D eigenvalue weighted by Crippen LogP contribution is 2.23. The van der Waals surface area contributed by atoms with Crippen LogP contribution in [0.5, 0.6) is 0 Å². The van der Waals surface area contributed by atoms with Gasteiger partial charge in [-0.2, -0.15) is 10.2 Å². The number of aryl methyl sites for hydroxylation is 2. The molecule has 1 amide bonds. The number of imidazole rings is 1. The highest BCUT2D eigenvalue weighted by Gasteiger charge is 2.20. The number of nitrogens with one attached hydrogen (secondary N) is 2. The van der Waals surface area contributed by atoms with Crippen molar-refractivity contribution < 1.29 is 4.79 Å². The van der Waals surface area contributed by atoms with Gasteiger partial charge in [-0.1, -0.05) is 30.3 Å². The van der Waals surface area contributed by atoms with E-state index in [4.69, 9.17) is 5.73 Å². The molecule has 0 aliphatic heterocycles. The molecule has 1 aromatic carbocycles. The Morgan fingerprint density at radius 2 is 2.00 bits per heavy atom. The maximum absolute atomic E-state index is 12.5. The lowest BCUT2D eigenvalue weighted by Gasteiger charge is -2.10. The van der Waals surface area contributed by atoms with Gasteiger partial charge in [-0.3, -0.25) is 9.89 Å². The van der Waals surface area contributed by atoms with Crippen LogP contribution in [0.1, 0.15) is 17.0 Å². The monoisotopic (exact) mass is 450 g/mol. The molecule has 3 aromatic heterocycles. The molecule has 0 aliphatic carbocycles. The van der Waals surface area contributed by atoms with Crippen molar-refractivity contribution in [1.29, 1.82) is 0 Å². The Hall–Kier alpha value is -2.88. The van der Waals surface area contributed by atoms with Crippen LogP contribution in [-0.2, 0) is 24.8 Å². The van der Waals surface area contributed by atoms with E-state index in [-0.39, 0.29) is 30.7 Å². The molecular formula is C19H24Cl2N8O. The predicted molar refractivity (Wildman–Crippen MR) is 120 cm³/mol. The van der Waals surface area contributed by atoms with E-state index in [2.05, 4.69) is 37.7 Å². The summed E-state index contributed by atoms with van der Waals surface area (Å²) >= 11 is 0. The Labute approximate surface area is 185 Å². The molecule has 0 saturated heterocycles. The number of H-pyrrole nitrogens is 1. The van der Waals surface area contributed by atoms with Crippen LogP contribution in [0.4, 0.5) is 5.82 Å². The standard InChI is InChI=1S/C19H22N8O.2ClH/c1-12-16-17(23-24-18(16)26(2)25-12)22-19(28)15(20)8-14-10-27(11-21-14)9-13-6-4-3-5-7-13;;/h3-7,10-11,15H,8-9,20H2,1-2H3,(H2,22,23,24,28);2*1H/t15-;;/m0../s1. The van der Waals surface area contributed by atoms with Gasteiger partial charge in [-0.15, -0.1) is 24.8 Å². The van der Waals surface area contributed by atoms with Crippen molar-refractivity contribution in [2.45, 2.75) is 25.9 Å². The minimum atomic E-state index is -0.726. The first-order chi connectivity index (χ1) is 13.5. The fourth-order valence-electron chi connectivity index (χ4n) is 3.25. The number of hydrogen-bond donors (Lipinski definition) is 3. The number of benzene rings is 1. The molecule has 4 aromatic rings. The van der Waals surface area contributed by atoms with Crippen LogP contribution >= 0.6 is 24.8 Å². The first-order valence-electron chi connectivity index (χ1n) is 9.00. The molecule has 30 heavy (non-hydrogen) atoms. The zero-order valence-electron chi connectivity index (χ0n) is 16.6. The molecule has 0 bridgehead atoms. The normalized spacial score (nSPS) is 11.6. The SMILES string of the molecule is Cc1nn(C)c2n[nH]c(NC(=O)[C@@H](N)Cc3cn(Cc4ccccc4)cn3)c12.Cl.Cl. The molecule has 9 nitrogen and oxygen atoms in total. The maximum Gasteiger partial charge on any atom is 0.242 e. The van der Waals surface area contributed by atoms with Gasteiger partial charge in [0.15, 0.2) is 5.65 Å². The Bertz CT molecular complexity index is 1120. The summed E-state index contributed by atoms with van der Waals surface area (Å²) in [7, 11) is 1.80. The molecule has 0 unspecified atom stereocenters. The zero-order valence-corrected chi connectivity index (χ0v) is 18.2. The van der Waals surface area contributed by atoms with Crippen LogP contribution in [0.3, 0.4) is 0 Å². The summed E-state index contributed by atoms with van der Waals surface area (Å²) in [5.41, 5.74) is 9.52. The predicted octanol–water partition coefficient (Wildman–Crippen LogP) is 2.20. The van der Waals surface area contributed by atoms with E-state index in [1.807, 2.05) is 35.9 Å². The van der Waals surface area contributed by atoms with Crippen LogP contribution in [-0.4, -0.2) is 41.5 Å². The number of nitrogens with two attached hydrogens (primary N) is 1. The van der Waals surface area contributed by atoms with E-state index in [1.54, 1.807) is 18.1 Å². The van der Waals surface area contributed by atoms with Gasteiger partial charge in [0.05, 0.1) is 29.1 Å². The third-order valence-electron chi connectivity index (χ3n) is 4.62. The summed E-state index contributed by atoms with van der Waals surface area (Å²) in [4.78, 5) is 16.9. The van der Waals surface area contributed by atoms with Crippen molar-refractivity contribution in [3.63, 3.8) is 0 Å². The fourth-order valence-corrected chi connectivity index (χ4v) is 3.25. The van der Waals surface area contributed by atoms with Gasteiger partial charge >= 0.3 is 0 Å². The lowest BCUT2D eigenvalue weighted by Crippen LogP contribution is -2.37. The molecule has 0 fully saturated rings. The van der Waals surface area contributed by atoms with Crippen molar-refractivity contribution in [3.05, 3.63) is 59.8 Å².